The van der Waals surface area contributed by atoms with Crippen LogP contribution in [0.4, 0.5) is 0 Å². The van der Waals surface area contributed by atoms with Crippen LogP contribution in [-0.2, 0) is 65.4 Å². The van der Waals surface area contributed by atoms with E-state index in [2.05, 4.69) is 55.4 Å². The number of rotatable bonds is 75. The van der Waals surface area contributed by atoms with Gasteiger partial charge in [-0.25, -0.2) is 9.13 Å². The lowest BCUT2D eigenvalue weighted by Crippen LogP contribution is -2.30. The van der Waals surface area contributed by atoms with E-state index in [0.717, 1.165) is 114 Å². The fraction of sp³-hybridized carbons (Fsp3) is 0.949. The average Bonchev–Trinajstić information content (AvgIpc) is 1.82. The molecule has 0 bridgehead atoms. The van der Waals surface area contributed by atoms with E-state index < -0.39 is 97.5 Å². The van der Waals surface area contributed by atoms with Crippen LogP contribution in [-0.4, -0.2) is 96.7 Å². The van der Waals surface area contributed by atoms with Gasteiger partial charge in [-0.2, -0.15) is 0 Å². The van der Waals surface area contributed by atoms with Gasteiger partial charge in [-0.05, 0) is 49.4 Å². The summed E-state index contributed by atoms with van der Waals surface area (Å²) in [5, 5.41) is 10.6. The van der Waals surface area contributed by atoms with Gasteiger partial charge >= 0.3 is 39.5 Å². The zero-order valence-corrected chi connectivity index (χ0v) is 65.5. The lowest BCUT2D eigenvalue weighted by molar-refractivity contribution is -0.161. The van der Waals surface area contributed by atoms with Gasteiger partial charge in [0.05, 0.1) is 26.4 Å². The van der Waals surface area contributed by atoms with Crippen molar-refractivity contribution < 1.29 is 80.2 Å². The van der Waals surface area contributed by atoms with E-state index in [4.69, 9.17) is 37.0 Å². The summed E-state index contributed by atoms with van der Waals surface area (Å²) in [6.07, 6.45) is 52.9. The van der Waals surface area contributed by atoms with Crippen LogP contribution in [0.25, 0.3) is 0 Å². The molecule has 0 radical (unpaired) electrons. The van der Waals surface area contributed by atoms with E-state index in [1.54, 1.807) is 0 Å². The SMILES string of the molecule is CCC(C)CCCCCCCCCCCCCCCCCCCCC(=O)O[C@H](COC(=O)CCCCCCCCCCCCC(C)C)COP(=O)(O)OCC(O)COP(=O)(O)OC[C@@H](COC(=O)CCCCCCCCCC(C)C)OC(=O)CCCCCCCCCCCC(C)C. The van der Waals surface area contributed by atoms with E-state index in [9.17, 15) is 43.2 Å². The predicted octanol–water partition coefficient (Wildman–Crippen LogP) is 22.8. The highest BCUT2D eigenvalue weighted by atomic mass is 31.2. The van der Waals surface area contributed by atoms with Crippen molar-refractivity contribution in [2.45, 2.75) is 414 Å². The summed E-state index contributed by atoms with van der Waals surface area (Å²) in [5.74, 6) is 0.950. The first-order valence-electron chi connectivity index (χ1n) is 40.2. The van der Waals surface area contributed by atoms with Crippen molar-refractivity contribution in [1.29, 1.82) is 0 Å². The third-order valence-corrected chi connectivity index (χ3v) is 20.3. The number of aliphatic hydroxyl groups is 1. The Kier molecular flexibility index (Phi) is 65.9. The molecule has 0 amide bonds. The number of carbonyl (C=O) groups excluding carboxylic acids is 4. The molecule has 0 aromatic rings. The van der Waals surface area contributed by atoms with Crippen molar-refractivity contribution in [2.24, 2.45) is 23.7 Å². The summed E-state index contributed by atoms with van der Waals surface area (Å²) in [6, 6.07) is 0. The van der Waals surface area contributed by atoms with Crippen LogP contribution in [0.5, 0.6) is 0 Å². The van der Waals surface area contributed by atoms with E-state index in [0.29, 0.717) is 31.6 Å². The number of hydrogen-bond donors (Lipinski definition) is 3. The summed E-state index contributed by atoms with van der Waals surface area (Å²) in [6.45, 7) is 14.2. The summed E-state index contributed by atoms with van der Waals surface area (Å²) in [4.78, 5) is 72.8. The molecule has 4 unspecified atom stereocenters. The van der Waals surface area contributed by atoms with Crippen LogP contribution in [0.3, 0.4) is 0 Å². The van der Waals surface area contributed by atoms with Gasteiger partial charge in [0.1, 0.15) is 19.3 Å². The molecule has 0 fully saturated rings. The molecule has 0 rings (SSSR count). The lowest BCUT2D eigenvalue weighted by Gasteiger charge is -2.21. The number of hydrogen-bond acceptors (Lipinski definition) is 15. The standard InChI is InChI=1S/C78H152O17P2/c1-9-71(8)57-49-41-33-25-18-16-14-12-10-11-13-15-17-19-27-35-44-52-60-77(82)94-73(64-88-75(80)58-50-42-34-26-21-20-23-30-38-46-54-68(2)3)66-92-96(84,85)90-62-72(79)63-91-97(86,87)93-67-74(65-89-76(81)59-51-43-37-29-32-40-48-56-70(6)7)95-78(83)61-53-45-36-28-22-24-31-39-47-55-69(4)5/h68-74,79H,9-67H2,1-8H3,(H,84,85)(H,86,87)/t71?,72?,73-,74-/m1/s1. The Bertz CT molecular complexity index is 1900. The molecule has 3 N–H and O–H groups in total. The predicted molar refractivity (Wildman–Crippen MR) is 395 cm³/mol. The molecule has 0 spiro atoms. The maximum absolute atomic E-state index is 13.1. The fourth-order valence-electron chi connectivity index (χ4n) is 11.9. The molecule has 17 nitrogen and oxygen atoms in total. The molecule has 0 aliphatic rings. The Hall–Kier alpha value is -1.94. The largest absolute Gasteiger partial charge is 0.472 e. The number of carbonyl (C=O) groups is 4. The van der Waals surface area contributed by atoms with Gasteiger partial charge in [-0.3, -0.25) is 37.3 Å². The van der Waals surface area contributed by atoms with Crippen LogP contribution in [0.2, 0.25) is 0 Å². The van der Waals surface area contributed by atoms with E-state index >= 15 is 0 Å². The average molecular weight is 1420 g/mol. The van der Waals surface area contributed by atoms with Crippen LogP contribution in [0, 0.1) is 23.7 Å². The molecule has 0 aliphatic heterocycles. The van der Waals surface area contributed by atoms with E-state index in [-0.39, 0.29) is 25.7 Å². The third kappa shape index (κ3) is 70.9. The minimum absolute atomic E-state index is 0.104. The molecule has 19 heteroatoms. The Labute approximate surface area is 594 Å². The number of ether oxygens (including phenoxy) is 4. The number of esters is 4. The molecule has 0 saturated heterocycles. The van der Waals surface area contributed by atoms with Crippen molar-refractivity contribution in [3.8, 4) is 0 Å². The zero-order chi connectivity index (χ0) is 71.7. The molecule has 576 valence electrons. The minimum atomic E-state index is -4.96. The Morgan fingerprint density at radius 1 is 0.289 bits per heavy atom. The van der Waals surface area contributed by atoms with Gasteiger partial charge in [0.2, 0.25) is 0 Å². The molecule has 0 aromatic carbocycles. The first kappa shape index (κ1) is 95.1. The van der Waals surface area contributed by atoms with E-state index in [1.807, 2.05) is 0 Å². The quantitative estimate of drug-likeness (QED) is 0.0222. The van der Waals surface area contributed by atoms with Crippen LogP contribution in [0.15, 0.2) is 0 Å². The first-order valence-corrected chi connectivity index (χ1v) is 43.2. The van der Waals surface area contributed by atoms with Gasteiger partial charge in [0, 0.05) is 25.7 Å². The highest BCUT2D eigenvalue weighted by molar-refractivity contribution is 7.47. The van der Waals surface area contributed by atoms with Gasteiger partial charge < -0.3 is 33.8 Å². The molecule has 6 atom stereocenters. The summed E-state index contributed by atoms with van der Waals surface area (Å²) >= 11 is 0. The first-order chi connectivity index (χ1) is 46.6. The maximum Gasteiger partial charge on any atom is 0.472 e. The fourth-order valence-corrected chi connectivity index (χ4v) is 13.5. The normalized spacial score (nSPS) is 14.4. The lowest BCUT2D eigenvalue weighted by atomic mass is 9.99. The second-order valence-electron chi connectivity index (χ2n) is 29.8. The number of phosphoric acid groups is 2. The monoisotopic (exact) mass is 1420 g/mol. The van der Waals surface area contributed by atoms with Crippen molar-refractivity contribution in [2.75, 3.05) is 39.6 Å². The van der Waals surface area contributed by atoms with Gasteiger partial charge in [-0.1, -0.05) is 344 Å². The van der Waals surface area contributed by atoms with Crippen molar-refractivity contribution in [3.05, 3.63) is 0 Å². The highest BCUT2D eigenvalue weighted by Crippen LogP contribution is 2.45. The number of aliphatic hydroxyl groups excluding tert-OH is 1. The Morgan fingerprint density at radius 2 is 0.495 bits per heavy atom. The van der Waals surface area contributed by atoms with Gasteiger partial charge in [-0.15, -0.1) is 0 Å². The van der Waals surface area contributed by atoms with Crippen LogP contribution < -0.4 is 0 Å². The number of phosphoric ester groups is 2. The second-order valence-corrected chi connectivity index (χ2v) is 32.7. The van der Waals surface area contributed by atoms with Gasteiger partial charge in [0.15, 0.2) is 12.2 Å². The topological polar surface area (TPSA) is 237 Å². The zero-order valence-electron chi connectivity index (χ0n) is 63.7. The summed E-state index contributed by atoms with van der Waals surface area (Å²) < 4.78 is 68.5. The molecule has 0 heterocycles. The molecule has 0 aromatic heterocycles. The molecule has 0 saturated carbocycles. The maximum atomic E-state index is 13.1. The second kappa shape index (κ2) is 67.2. The molecule has 97 heavy (non-hydrogen) atoms. The third-order valence-electron chi connectivity index (χ3n) is 18.4. The molecular formula is C78H152O17P2. The Morgan fingerprint density at radius 3 is 0.732 bits per heavy atom. The Balaban J connectivity index is 5.20. The number of unbranched alkanes of at least 4 members (excludes halogenated alkanes) is 40. The van der Waals surface area contributed by atoms with Crippen LogP contribution >= 0.6 is 15.6 Å². The summed E-state index contributed by atoms with van der Waals surface area (Å²) in [7, 11) is -9.91. The summed E-state index contributed by atoms with van der Waals surface area (Å²) in [5.41, 5.74) is 0. The van der Waals surface area contributed by atoms with Crippen molar-refractivity contribution >= 4 is 39.5 Å². The minimum Gasteiger partial charge on any atom is -0.462 e. The van der Waals surface area contributed by atoms with Gasteiger partial charge in [0.25, 0.3) is 0 Å². The highest BCUT2D eigenvalue weighted by Gasteiger charge is 2.30. The van der Waals surface area contributed by atoms with Crippen LogP contribution in [0.1, 0.15) is 396 Å². The molecular weight excluding hydrogens is 1270 g/mol. The van der Waals surface area contributed by atoms with Crippen molar-refractivity contribution in [3.63, 3.8) is 0 Å². The smallest absolute Gasteiger partial charge is 0.462 e. The molecule has 0 aliphatic carbocycles. The van der Waals surface area contributed by atoms with E-state index in [1.165, 1.54) is 193 Å². The van der Waals surface area contributed by atoms with Crippen molar-refractivity contribution in [1.82, 2.24) is 0 Å².